The van der Waals surface area contributed by atoms with E-state index in [0.717, 1.165) is 64.4 Å². The summed E-state index contributed by atoms with van der Waals surface area (Å²) in [5, 5.41) is 17.4. The number of benzene rings is 4. The van der Waals surface area contributed by atoms with E-state index in [-0.39, 0.29) is 34.6 Å². The number of piperazine rings is 2. The molecular formula is C50H56N12O5. The van der Waals surface area contributed by atoms with Gasteiger partial charge in [0.25, 0.3) is 11.1 Å². The van der Waals surface area contributed by atoms with E-state index in [9.17, 15) is 24.3 Å². The van der Waals surface area contributed by atoms with Crippen molar-refractivity contribution in [3.8, 4) is 5.75 Å². The van der Waals surface area contributed by atoms with E-state index in [2.05, 4.69) is 44.7 Å². The van der Waals surface area contributed by atoms with Crippen LogP contribution in [0.15, 0.2) is 134 Å². The molecule has 2 atom stereocenters. The first-order valence-electron chi connectivity index (χ1n) is 22.6. The molecule has 0 bridgehead atoms. The fraction of sp³-hybridized carbons (Fsp3) is 0.320. The summed E-state index contributed by atoms with van der Waals surface area (Å²) in [7, 11) is 6.33. The molecule has 0 saturated carbocycles. The molecule has 8 aromatic rings. The number of phenolic OH excluding ortho intramolecular Hbond substituents is 1. The van der Waals surface area contributed by atoms with Crippen molar-refractivity contribution in [1.29, 1.82) is 0 Å². The van der Waals surface area contributed by atoms with E-state index >= 15 is 0 Å². The summed E-state index contributed by atoms with van der Waals surface area (Å²) in [4.78, 5) is 65.6. The molecule has 4 aromatic carbocycles. The highest BCUT2D eigenvalue weighted by molar-refractivity contribution is 5.76. The molecule has 3 N–H and O–H groups in total. The molecule has 346 valence electrons. The van der Waals surface area contributed by atoms with Gasteiger partial charge in [0.15, 0.2) is 22.3 Å². The van der Waals surface area contributed by atoms with Crippen molar-refractivity contribution in [2.24, 2.45) is 28.2 Å². The van der Waals surface area contributed by atoms with Gasteiger partial charge in [0, 0.05) is 79.5 Å². The molecule has 67 heavy (non-hydrogen) atoms. The van der Waals surface area contributed by atoms with Crippen LogP contribution in [0.25, 0.3) is 22.3 Å². The number of fused-ring (bicyclic) bond motifs is 2. The zero-order valence-electron chi connectivity index (χ0n) is 38.2. The van der Waals surface area contributed by atoms with Crippen LogP contribution in [0.3, 0.4) is 0 Å². The van der Waals surface area contributed by atoms with E-state index in [1.165, 1.54) is 28.8 Å². The van der Waals surface area contributed by atoms with Crippen LogP contribution in [0, 0.1) is 0 Å². The highest BCUT2D eigenvalue weighted by Crippen LogP contribution is 2.26. The summed E-state index contributed by atoms with van der Waals surface area (Å²) in [5.41, 5.74) is 4.52. The van der Waals surface area contributed by atoms with E-state index in [1.54, 1.807) is 20.2 Å². The Bertz CT molecular complexity index is 3280. The molecular weight excluding hydrogens is 849 g/mol. The number of aromatic hydroxyl groups is 1. The summed E-state index contributed by atoms with van der Waals surface area (Å²) in [6, 6.07) is 38.1. The first-order valence-corrected chi connectivity index (χ1v) is 22.6. The number of anilines is 2. The van der Waals surface area contributed by atoms with Gasteiger partial charge in [-0.25, -0.2) is 9.59 Å². The van der Waals surface area contributed by atoms with Crippen molar-refractivity contribution in [2.45, 2.75) is 38.0 Å². The summed E-state index contributed by atoms with van der Waals surface area (Å²) in [6.45, 7) is 5.44. The summed E-state index contributed by atoms with van der Waals surface area (Å²) in [5.74, 6) is 1.68. The van der Waals surface area contributed by atoms with Gasteiger partial charge in [-0.2, -0.15) is 9.97 Å². The number of hydrogen-bond acceptors (Lipinski definition) is 11. The lowest BCUT2D eigenvalue weighted by atomic mass is 10.0. The average molecular weight is 905 g/mol. The molecule has 2 fully saturated rings. The Hall–Kier alpha value is -7.50. The van der Waals surface area contributed by atoms with Gasteiger partial charge in [-0.1, -0.05) is 109 Å². The van der Waals surface area contributed by atoms with Crippen molar-refractivity contribution < 1.29 is 5.11 Å². The van der Waals surface area contributed by atoms with E-state index in [4.69, 9.17) is 9.97 Å². The largest absolute Gasteiger partial charge is 0.508 e. The quantitative estimate of drug-likeness (QED) is 0.184. The van der Waals surface area contributed by atoms with Gasteiger partial charge < -0.3 is 25.5 Å². The van der Waals surface area contributed by atoms with E-state index < -0.39 is 5.69 Å². The second-order valence-corrected chi connectivity index (χ2v) is 17.4. The monoisotopic (exact) mass is 904 g/mol. The summed E-state index contributed by atoms with van der Waals surface area (Å²) < 4.78 is 9.08. The van der Waals surface area contributed by atoms with Crippen LogP contribution in [0.2, 0.25) is 0 Å². The van der Waals surface area contributed by atoms with Crippen LogP contribution < -0.4 is 42.9 Å². The number of hydrogen-bond donors (Lipinski definition) is 3. The molecule has 1 unspecified atom stereocenters. The molecule has 2 saturated heterocycles. The zero-order valence-corrected chi connectivity index (χ0v) is 38.2. The number of nitrogens with one attached hydrogen (secondary N) is 2. The molecule has 0 radical (unpaired) electrons. The topological polar surface area (TPSA) is 174 Å². The number of aromatic nitrogens is 8. The number of rotatable bonds is 10. The van der Waals surface area contributed by atoms with Gasteiger partial charge in [-0.05, 0) is 41.2 Å². The number of nitrogens with zero attached hydrogens (tertiary/aromatic N) is 10. The molecule has 17 heteroatoms. The fourth-order valence-corrected chi connectivity index (χ4v) is 9.32. The number of aryl methyl sites for hydroxylation is 2. The third-order valence-corrected chi connectivity index (χ3v) is 12.9. The highest BCUT2D eigenvalue weighted by atomic mass is 16.3. The van der Waals surface area contributed by atoms with Gasteiger partial charge in [-0.3, -0.25) is 37.0 Å². The Morgan fingerprint density at radius 1 is 0.522 bits per heavy atom. The van der Waals surface area contributed by atoms with Crippen molar-refractivity contribution in [2.75, 3.05) is 49.1 Å². The predicted octanol–water partition coefficient (Wildman–Crippen LogP) is 2.71. The van der Waals surface area contributed by atoms with Gasteiger partial charge in [-0.15, -0.1) is 0 Å². The molecule has 6 heterocycles. The first kappa shape index (κ1) is 44.7. The molecule has 0 aliphatic carbocycles. The maximum Gasteiger partial charge on any atom is 0.332 e. The van der Waals surface area contributed by atoms with Crippen molar-refractivity contribution in [3.05, 3.63) is 179 Å². The summed E-state index contributed by atoms with van der Waals surface area (Å²) >= 11 is 0. The van der Waals surface area contributed by atoms with Gasteiger partial charge in [0.2, 0.25) is 11.9 Å². The number of phenols is 1. The molecule has 17 nitrogen and oxygen atoms in total. The standard InChI is InChI=1S/C25H28N6O3.C25H28N6O2/c1-28-22-21(23(33)29(2)25(28)34)31(15-17-8-4-3-5-9-17)24(27-22)30-13-12-26-19(16-30)14-18-10-6-7-11-20(18)32;1-28-22-21(23(32)29(2)25(28)33)31(16-19-11-7-4-8-12-19)24(27-22)30-14-13-26-20(17-30)15-18-9-5-3-6-10-18/h3-11,19,26,32H,12-16H2,1-2H3;3-12,20,26H,13-17H2,1-2H3/t;20-/m.1/s1. The third-order valence-electron chi connectivity index (χ3n) is 12.9. The molecule has 2 aliphatic heterocycles. The number of para-hydroxylation sites is 1. The second kappa shape index (κ2) is 19.1. The van der Waals surface area contributed by atoms with Crippen LogP contribution in [0.1, 0.15) is 22.3 Å². The van der Waals surface area contributed by atoms with Crippen LogP contribution in [-0.4, -0.2) is 93.8 Å². The maximum absolute atomic E-state index is 13.2. The fourth-order valence-electron chi connectivity index (χ4n) is 9.32. The Balaban J connectivity index is 0.000000168. The van der Waals surface area contributed by atoms with Crippen molar-refractivity contribution in [1.82, 2.24) is 48.0 Å². The Kier molecular flexibility index (Phi) is 12.8. The maximum atomic E-state index is 13.2. The Morgan fingerprint density at radius 2 is 0.925 bits per heavy atom. The third kappa shape index (κ3) is 9.07. The van der Waals surface area contributed by atoms with Gasteiger partial charge in [0.1, 0.15) is 5.75 Å². The van der Waals surface area contributed by atoms with Crippen molar-refractivity contribution >= 4 is 34.2 Å². The van der Waals surface area contributed by atoms with Crippen LogP contribution in [0.5, 0.6) is 5.75 Å². The molecule has 10 rings (SSSR count). The normalized spacial score (nSPS) is 16.4. The predicted molar refractivity (Wildman–Crippen MR) is 261 cm³/mol. The minimum absolute atomic E-state index is 0.0960. The minimum atomic E-state index is -0.397. The highest BCUT2D eigenvalue weighted by Gasteiger charge is 2.29. The lowest BCUT2D eigenvalue weighted by Gasteiger charge is -2.34. The summed E-state index contributed by atoms with van der Waals surface area (Å²) in [6.07, 6.45) is 1.58. The SMILES string of the molecule is Cn1c(=O)c2c(nc(N3CCNC(Cc4ccccc4O)C3)n2Cc2ccccc2)n(C)c1=O.Cn1c(=O)c2c(nc(N3CCN[C@H](Cc4ccccc4)C3)n2Cc2ccccc2)n(C)c1=O. The average Bonchev–Trinajstić information content (AvgIpc) is 3.92. The lowest BCUT2D eigenvalue weighted by molar-refractivity contribution is 0.430. The van der Waals surface area contributed by atoms with E-state index in [0.29, 0.717) is 60.9 Å². The minimum Gasteiger partial charge on any atom is -0.508 e. The second-order valence-electron chi connectivity index (χ2n) is 17.4. The molecule has 4 aromatic heterocycles. The first-order chi connectivity index (χ1) is 32.5. The zero-order chi connectivity index (χ0) is 46.8. The smallest absolute Gasteiger partial charge is 0.332 e. The van der Waals surface area contributed by atoms with Gasteiger partial charge >= 0.3 is 11.4 Å². The molecule has 2 aliphatic rings. The number of imidazole rings is 2. The molecule has 0 spiro atoms. The van der Waals surface area contributed by atoms with Crippen LogP contribution >= 0.6 is 0 Å². The lowest BCUT2D eigenvalue weighted by Crippen LogP contribution is -2.52. The van der Waals surface area contributed by atoms with E-state index in [1.807, 2.05) is 94.1 Å². The van der Waals surface area contributed by atoms with Crippen LogP contribution in [0.4, 0.5) is 11.9 Å². The van der Waals surface area contributed by atoms with Crippen LogP contribution in [-0.2, 0) is 54.1 Å². The Morgan fingerprint density at radius 3 is 1.37 bits per heavy atom. The Labute approximate surface area is 386 Å². The van der Waals surface area contributed by atoms with Crippen molar-refractivity contribution in [3.63, 3.8) is 0 Å². The molecule has 0 amide bonds. The van der Waals surface area contributed by atoms with Gasteiger partial charge in [0.05, 0.1) is 13.1 Å².